The van der Waals surface area contributed by atoms with Gasteiger partial charge in [-0.15, -0.1) is 0 Å². The number of hydrogen-bond donors (Lipinski definition) is 1. The van der Waals surface area contributed by atoms with E-state index in [4.69, 9.17) is 0 Å². The Labute approximate surface area is 126 Å². The Morgan fingerprint density at radius 1 is 0.955 bits per heavy atom. The molecular weight excluding hydrogens is 287 g/mol. The summed E-state index contributed by atoms with van der Waals surface area (Å²) in [6, 6.07) is 8.43. The normalized spacial score (nSPS) is 25.5. The second-order valence-electron chi connectivity index (χ2n) is 5.88. The summed E-state index contributed by atoms with van der Waals surface area (Å²) in [5.74, 6) is -1.27. The first-order valence-corrected chi connectivity index (χ1v) is 7.31. The summed E-state index contributed by atoms with van der Waals surface area (Å²) in [5.41, 5.74) is 1.92. The number of halogens is 3. The molecule has 3 atom stereocenters. The van der Waals surface area contributed by atoms with Crippen LogP contribution in [-0.4, -0.2) is 0 Å². The van der Waals surface area contributed by atoms with Crippen LogP contribution in [0.25, 0.3) is 0 Å². The zero-order chi connectivity index (χ0) is 15.3. The van der Waals surface area contributed by atoms with Gasteiger partial charge in [-0.05, 0) is 41.7 Å². The lowest BCUT2D eigenvalue weighted by Crippen LogP contribution is -2.29. The van der Waals surface area contributed by atoms with Gasteiger partial charge in [0.15, 0.2) is 0 Å². The molecule has 2 aromatic carbocycles. The first-order valence-electron chi connectivity index (χ1n) is 7.31. The highest BCUT2D eigenvalue weighted by Gasteiger charge is 2.39. The van der Waals surface area contributed by atoms with Gasteiger partial charge < -0.3 is 5.32 Å². The van der Waals surface area contributed by atoms with E-state index in [-0.39, 0.29) is 23.7 Å². The maximum Gasteiger partial charge on any atom is 0.149 e. The molecule has 1 N–H and O–H groups in total. The molecule has 1 aliphatic heterocycles. The van der Waals surface area contributed by atoms with Crippen molar-refractivity contribution in [2.75, 3.05) is 5.32 Å². The fraction of sp³-hybridized carbons (Fsp3) is 0.222. The van der Waals surface area contributed by atoms with Crippen LogP contribution < -0.4 is 5.32 Å². The van der Waals surface area contributed by atoms with Gasteiger partial charge in [0.2, 0.25) is 0 Å². The van der Waals surface area contributed by atoms with E-state index < -0.39 is 11.6 Å². The number of benzene rings is 2. The summed E-state index contributed by atoms with van der Waals surface area (Å²) in [5, 5.41) is 3.20. The monoisotopic (exact) mass is 301 g/mol. The lowest BCUT2D eigenvalue weighted by atomic mass is 9.77. The van der Waals surface area contributed by atoms with Gasteiger partial charge in [-0.25, -0.2) is 13.2 Å². The van der Waals surface area contributed by atoms with Gasteiger partial charge in [0.05, 0.1) is 11.7 Å². The van der Waals surface area contributed by atoms with Gasteiger partial charge in [-0.2, -0.15) is 0 Å². The van der Waals surface area contributed by atoms with E-state index in [2.05, 4.69) is 5.32 Å². The average Bonchev–Trinajstić information content (AvgIpc) is 2.97. The molecule has 1 nitrogen and oxygen atoms in total. The van der Waals surface area contributed by atoms with E-state index in [1.165, 1.54) is 18.2 Å². The average molecular weight is 301 g/mol. The zero-order valence-corrected chi connectivity index (χ0v) is 11.7. The second-order valence-corrected chi connectivity index (χ2v) is 5.88. The van der Waals surface area contributed by atoms with Crippen molar-refractivity contribution in [2.24, 2.45) is 5.92 Å². The van der Waals surface area contributed by atoms with Gasteiger partial charge in [-0.3, -0.25) is 0 Å². The van der Waals surface area contributed by atoms with Crippen LogP contribution in [-0.2, 0) is 0 Å². The molecule has 2 aliphatic rings. The van der Waals surface area contributed by atoms with Crippen molar-refractivity contribution in [3.63, 3.8) is 0 Å². The van der Waals surface area contributed by atoms with Crippen LogP contribution >= 0.6 is 0 Å². The summed E-state index contributed by atoms with van der Waals surface area (Å²) in [6.07, 6.45) is 4.89. The van der Waals surface area contributed by atoms with Crippen molar-refractivity contribution in [3.05, 3.63) is 77.1 Å². The number of hydrogen-bond acceptors (Lipinski definition) is 1. The van der Waals surface area contributed by atoms with Crippen molar-refractivity contribution in [2.45, 2.75) is 18.4 Å². The van der Waals surface area contributed by atoms with Crippen molar-refractivity contribution in [1.29, 1.82) is 0 Å². The molecule has 0 saturated heterocycles. The molecule has 2 aromatic rings. The van der Waals surface area contributed by atoms with E-state index in [0.29, 0.717) is 11.3 Å². The third-order valence-electron chi connectivity index (χ3n) is 4.61. The first-order chi connectivity index (χ1) is 10.6. The maximum absolute atomic E-state index is 14.2. The summed E-state index contributed by atoms with van der Waals surface area (Å²) in [4.78, 5) is 0. The van der Waals surface area contributed by atoms with Gasteiger partial charge in [0.25, 0.3) is 0 Å². The number of allylic oxidation sites excluding steroid dienone is 2. The number of fused-ring (bicyclic) bond motifs is 3. The minimum atomic E-state index is -0.583. The summed E-state index contributed by atoms with van der Waals surface area (Å²) in [7, 11) is 0. The molecule has 112 valence electrons. The highest BCUT2D eigenvalue weighted by molar-refractivity contribution is 5.60. The Morgan fingerprint density at radius 2 is 1.73 bits per heavy atom. The molecule has 0 spiro atoms. The fourth-order valence-electron chi connectivity index (χ4n) is 3.62. The van der Waals surface area contributed by atoms with Gasteiger partial charge in [0, 0.05) is 12.0 Å². The molecule has 0 fully saturated rings. The Bertz CT molecular complexity index is 752. The standard InChI is InChI=1S/C18H14F3N/c19-11-6-4-10(5-7-11)17-14-3-1-2-13(14)15-8-12(20)9-16(21)18(15)22-17/h1-2,4-9,13-14,17,22H,3H2/t13-,14-,17+/m1/s1. The maximum atomic E-state index is 14.2. The summed E-state index contributed by atoms with van der Waals surface area (Å²) in [6.45, 7) is 0. The van der Waals surface area contributed by atoms with E-state index in [9.17, 15) is 13.2 Å². The molecule has 1 aliphatic carbocycles. The Balaban J connectivity index is 1.82. The largest absolute Gasteiger partial charge is 0.375 e. The van der Waals surface area contributed by atoms with Crippen LogP contribution in [0.1, 0.15) is 29.5 Å². The predicted octanol–water partition coefficient (Wildman–Crippen LogP) is 4.93. The van der Waals surface area contributed by atoms with Crippen LogP contribution in [0.5, 0.6) is 0 Å². The number of rotatable bonds is 1. The van der Waals surface area contributed by atoms with E-state index in [0.717, 1.165) is 18.1 Å². The number of anilines is 1. The molecule has 4 rings (SSSR count). The lowest BCUT2D eigenvalue weighted by Gasteiger charge is -2.37. The first kappa shape index (κ1) is 13.4. The highest BCUT2D eigenvalue weighted by Crippen LogP contribution is 2.50. The van der Waals surface area contributed by atoms with Crippen molar-refractivity contribution in [3.8, 4) is 0 Å². The van der Waals surface area contributed by atoms with Gasteiger partial charge in [0.1, 0.15) is 17.5 Å². The molecule has 0 unspecified atom stereocenters. The van der Waals surface area contributed by atoms with Crippen LogP contribution in [0.4, 0.5) is 18.9 Å². The Hall–Kier alpha value is -2.23. The molecule has 22 heavy (non-hydrogen) atoms. The quantitative estimate of drug-likeness (QED) is 0.736. The molecule has 0 aromatic heterocycles. The molecule has 4 heteroatoms. The molecule has 0 amide bonds. The lowest BCUT2D eigenvalue weighted by molar-refractivity contribution is 0.418. The van der Waals surface area contributed by atoms with E-state index >= 15 is 0 Å². The third kappa shape index (κ3) is 2.02. The van der Waals surface area contributed by atoms with Gasteiger partial charge >= 0.3 is 0 Å². The van der Waals surface area contributed by atoms with Crippen LogP contribution in [0.3, 0.4) is 0 Å². The smallest absolute Gasteiger partial charge is 0.149 e. The minimum absolute atomic E-state index is 0.0171. The second kappa shape index (κ2) is 4.90. The minimum Gasteiger partial charge on any atom is -0.375 e. The SMILES string of the molecule is Fc1ccc([C@@H]2Nc3c(F)cc(F)cc3[C@@H]3C=CC[C@H]32)cc1. The fourth-order valence-corrected chi connectivity index (χ4v) is 3.62. The zero-order valence-electron chi connectivity index (χ0n) is 11.7. The van der Waals surface area contributed by atoms with Crippen LogP contribution in [0.2, 0.25) is 0 Å². The molecule has 0 saturated carbocycles. The Morgan fingerprint density at radius 3 is 2.50 bits per heavy atom. The van der Waals surface area contributed by atoms with Crippen LogP contribution in [0.15, 0.2) is 48.6 Å². The summed E-state index contributed by atoms with van der Waals surface area (Å²) < 4.78 is 40.8. The van der Waals surface area contributed by atoms with Crippen LogP contribution in [0, 0.1) is 23.4 Å². The third-order valence-corrected chi connectivity index (χ3v) is 4.61. The number of nitrogens with one attached hydrogen (secondary N) is 1. The molecular formula is C18H14F3N. The predicted molar refractivity (Wildman–Crippen MR) is 79.1 cm³/mol. The molecule has 0 bridgehead atoms. The summed E-state index contributed by atoms with van der Waals surface area (Å²) >= 11 is 0. The Kier molecular flexibility index (Phi) is 2.99. The molecule has 0 radical (unpaired) electrons. The van der Waals surface area contributed by atoms with Crippen molar-refractivity contribution in [1.82, 2.24) is 0 Å². The molecule has 1 heterocycles. The van der Waals surface area contributed by atoms with E-state index in [1.54, 1.807) is 12.1 Å². The van der Waals surface area contributed by atoms with Crippen molar-refractivity contribution >= 4 is 5.69 Å². The van der Waals surface area contributed by atoms with Crippen molar-refractivity contribution < 1.29 is 13.2 Å². The topological polar surface area (TPSA) is 12.0 Å². The van der Waals surface area contributed by atoms with E-state index in [1.807, 2.05) is 12.2 Å². The highest BCUT2D eigenvalue weighted by atomic mass is 19.1. The van der Waals surface area contributed by atoms with Gasteiger partial charge in [-0.1, -0.05) is 24.3 Å².